The molecule has 1 aliphatic rings. The first-order chi connectivity index (χ1) is 10.7. The van der Waals surface area contributed by atoms with Crippen LogP contribution in [0.3, 0.4) is 0 Å². The lowest BCUT2D eigenvalue weighted by atomic mass is 10.0. The maximum absolute atomic E-state index is 4.60. The van der Waals surface area contributed by atoms with Crippen molar-refractivity contribution in [2.24, 2.45) is 12.0 Å². The molecule has 7 nitrogen and oxygen atoms in total. The lowest BCUT2D eigenvalue weighted by Crippen LogP contribution is -2.49. The van der Waals surface area contributed by atoms with Crippen LogP contribution in [0.1, 0.15) is 38.9 Å². The van der Waals surface area contributed by atoms with Crippen molar-refractivity contribution >= 4 is 5.96 Å². The van der Waals surface area contributed by atoms with E-state index < -0.39 is 0 Å². The number of aromatic nitrogens is 3. The number of nitrogens with one attached hydrogen (secondary N) is 2. The number of guanidine groups is 1. The lowest BCUT2D eigenvalue weighted by molar-refractivity contribution is 0.157. The topological polar surface area (TPSA) is 70.4 Å². The first kappa shape index (κ1) is 16.7. The maximum atomic E-state index is 4.60. The molecule has 1 unspecified atom stereocenters. The molecule has 0 saturated carbocycles. The van der Waals surface area contributed by atoms with Gasteiger partial charge in [-0.3, -0.25) is 9.58 Å². The van der Waals surface area contributed by atoms with Crippen LogP contribution >= 0.6 is 0 Å². The highest BCUT2D eigenvalue weighted by molar-refractivity contribution is 5.79. The molecule has 0 bridgehead atoms. The van der Waals surface area contributed by atoms with Gasteiger partial charge in [0.25, 0.3) is 0 Å². The monoisotopic (exact) mass is 307 g/mol. The van der Waals surface area contributed by atoms with Crippen molar-refractivity contribution in [2.75, 3.05) is 26.2 Å². The number of hydrogen-bond acceptors (Lipinski definition) is 4. The predicted octanol–water partition coefficient (Wildman–Crippen LogP) is 0.745. The number of aliphatic imine (C=N–C) groups is 1. The van der Waals surface area contributed by atoms with Crippen LogP contribution in [-0.2, 0) is 13.6 Å². The molecule has 2 rings (SSSR count). The van der Waals surface area contributed by atoms with Gasteiger partial charge in [-0.25, -0.2) is 9.98 Å². The van der Waals surface area contributed by atoms with Crippen LogP contribution in [0.2, 0.25) is 0 Å². The number of rotatable bonds is 6. The summed E-state index contributed by atoms with van der Waals surface area (Å²) in [5.41, 5.74) is 0. The van der Waals surface area contributed by atoms with Gasteiger partial charge >= 0.3 is 0 Å². The first-order valence-corrected chi connectivity index (χ1v) is 8.33. The van der Waals surface area contributed by atoms with Crippen LogP contribution in [0.15, 0.2) is 11.3 Å². The van der Waals surface area contributed by atoms with Gasteiger partial charge in [-0.2, -0.15) is 5.10 Å². The number of aryl methyl sites for hydroxylation is 1. The van der Waals surface area contributed by atoms with E-state index in [0.29, 0.717) is 12.6 Å². The molecule has 0 amide bonds. The van der Waals surface area contributed by atoms with Gasteiger partial charge in [-0.05, 0) is 32.9 Å². The Bertz CT molecular complexity index is 468. The molecule has 124 valence electrons. The highest BCUT2D eigenvalue weighted by Gasteiger charge is 2.20. The van der Waals surface area contributed by atoms with E-state index >= 15 is 0 Å². The Morgan fingerprint density at radius 1 is 1.36 bits per heavy atom. The smallest absolute Gasteiger partial charge is 0.191 e. The summed E-state index contributed by atoms with van der Waals surface area (Å²) in [5, 5.41) is 10.8. The minimum absolute atomic E-state index is 0.536. The summed E-state index contributed by atoms with van der Waals surface area (Å²) in [6.07, 6.45) is 5.48. The molecule has 0 radical (unpaired) electrons. The van der Waals surface area contributed by atoms with E-state index in [1.807, 2.05) is 7.05 Å². The minimum Gasteiger partial charge on any atom is -0.357 e. The van der Waals surface area contributed by atoms with E-state index in [1.54, 1.807) is 11.0 Å². The highest BCUT2D eigenvalue weighted by Crippen LogP contribution is 2.15. The Morgan fingerprint density at radius 2 is 2.23 bits per heavy atom. The molecule has 2 N–H and O–H groups in total. The molecule has 1 aromatic heterocycles. The average molecular weight is 307 g/mol. The predicted molar refractivity (Wildman–Crippen MR) is 88.7 cm³/mol. The quantitative estimate of drug-likeness (QED) is 0.599. The Kier molecular flexibility index (Phi) is 6.64. The number of nitrogens with zero attached hydrogens (tertiary/aromatic N) is 5. The molecule has 7 heteroatoms. The van der Waals surface area contributed by atoms with E-state index in [-0.39, 0.29) is 0 Å². The van der Waals surface area contributed by atoms with Gasteiger partial charge in [-0.1, -0.05) is 13.3 Å². The third-order valence-electron chi connectivity index (χ3n) is 4.19. The van der Waals surface area contributed by atoms with Crippen molar-refractivity contribution in [1.29, 1.82) is 0 Å². The maximum Gasteiger partial charge on any atom is 0.191 e. The van der Waals surface area contributed by atoms with Gasteiger partial charge in [0.15, 0.2) is 5.96 Å². The summed E-state index contributed by atoms with van der Waals surface area (Å²) in [6.45, 7) is 9.00. The van der Waals surface area contributed by atoms with Crippen molar-refractivity contribution in [1.82, 2.24) is 30.3 Å². The molecule has 1 atom stereocenters. The van der Waals surface area contributed by atoms with Gasteiger partial charge < -0.3 is 10.6 Å². The molecule has 1 aromatic rings. The van der Waals surface area contributed by atoms with E-state index in [9.17, 15) is 0 Å². The molecule has 22 heavy (non-hydrogen) atoms. The summed E-state index contributed by atoms with van der Waals surface area (Å²) in [5.74, 6) is 1.72. The van der Waals surface area contributed by atoms with Gasteiger partial charge in [0, 0.05) is 26.2 Å². The zero-order valence-electron chi connectivity index (χ0n) is 14.0. The molecular formula is C15H29N7. The normalized spacial score (nSPS) is 20.1. The van der Waals surface area contributed by atoms with Gasteiger partial charge in [0.2, 0.25) is 0 Å². The largest absolute Gasteiger partial charge is 0.357 e. The van der Waals surface area contributed by atoms with Crippen molar-refractivity contribution in [3.05, 3.63) is 12.2 Å². The van der Waals surface area contributed by atoms with Crippen LogP contribution in [0.4, 0.5) is 0 Å². The minimum atomic E-state index is 0.536. The fourth-order valence-electron chi connectivity index (χ4n) is 2.88. The number of likely N-dealkylation sites (N-methyl/N-ethyl adjacent to an activating group) is 1. The number of piperidine rings is 1. The standard InChI is InChI=1S/C15H29N7/c1-4-16-15(18-11-14-19-12-20-21(14)3)17-10-13-8-6-7-9-22(13)5-2/h12-13H,4-11H2,1-3H3,(H2,16,17,18). The molecule has 1 fully saturated rings. The molecule has 0 aromatic carbocycles. The zero-order chi connectivity index (χ0) is 15.8. The van der Waals surface area contributed by atoms with E-state index in [1.165, 1.54) is 25.8 Å². The fraction of sp³-hybridized carbons (Fsp3) is 0.800. The Morgan fingerprint density at radius 3 is 2.91 bits per heavy atom. The van der Waals surface area contributed by atoms with Crippen LogP contribution in [0.25, 0.3) is 0 Å². The highest BCUT2D eigenvalue weighted by atomic mass is 15.3. The second-order valence-corrected chi connectivity index (χ2v) is 5.65. The molecule has 1 saturated heterocycles. The van der Waals surface area contributed by atoms with Crippen LogP contribution < -0.4 is 10.6 Å². The zero-order valence-corrected chi connectivity index (χ0v) is 14.0. The SMILES string of the molecule is CCNC(=NCc1ncnn1C)NCC1CCCCN1CC. The summed E-state index contributed by atoms with van der Waals surface area (Å²) >= 11 is 0. The van der Waals surface area contributed by atoms with Crippen LogP contribution in [0.5, 0.6) is 0 Å². The Balaban J connectivity index is 1.89. The van der Waals surface area contributed by atoms with Crippen LogP contribution in [-0.4, -0.2) is 57.8 Å². The number of likely N-dealkylation sites (tertiary alicyclic amines) is 1. The van der Waals surface area contributed by atoms with Gasteiger partial charge in [0.05, 0.1) is 0 Å². The fourth-order valence-corrected chi connectivity index (χ4v) is 2.88. The van der Waals surface area contributed by atoms with Gasteiger partial charge in [-0.15, -0.1) is 0 Å². The molecule has 2 heterocycles. The van der Waals surface area contributed by atoms with E-state index in [0.717, 1.165) is 31.4 Å². The first-order valence-electron chi connectivity index (χ1n) is 8.33. The van der Waals surface area contributed by atoms with Gasteiger partial charge in [0.1, 0.15) is 18.7 Å². The van der Waals surface area contributed by atoms with E-state index in [4.69, 9.17) is 0 Å². The summed E-state index contributed by atoms with van der Waals surface area (Å²) in [4.78, 5) is 11.4. The lowest BCUT2D eigenvalue weighted by Gasteiger charge is -2.35. The molecule has 0 spiro atoms. The molecule has 0 aliphatic carbocycles. The summed E-state index contributed by atoms with van der Waals surface area (Å²) in [6, 6.07) is 0.609. The summed E-state index contributed by atoms with van der Waals surface area (Å²) in [7, 11) is 1.89. The van der Waals surface area contributed by atoms with Crippen molar-refractivity contribution in [3.8, 4) is 0 Å². The van der Waals surface area contributed by atoms with Crippen molar-refractivity contribution in [3.63, 3.8) is 0 Å². The van der Waals surface area contributed by atoms with Crippen LogP contribution in [0, 0.1) is 0 Å². The second kappa shape index (κ2) is 8.73. The molecule has 1 aliphatic heterocycles. The van der Waals surface area contributed by atoms with E-state index in [2.05, 4.69) is 44.5 Å². The van der Waals surface area contributed by atoms with Crippen molar-refractivity contribution in [2.45, 2.75) is 45.7 Å². The van der Waals surface area contributed by atoms with Crippen molar-refractivity contribution < 1.29 is 0 Å². The third-order valence-corrected chi connectivity index (χ3v) is 4.19. The molecular weight excluding hydrogens is 278 g/mol. The summed E-state index contributed by atoms with van der Waals surface area (Å²) < 4.78 is 1.76. The second-order valence-electron chi connectivity index (χ2n) is 5.65. The number of hydrogen-bond donors (Lipinski definition) is 2. The third kappa shape index (κ3) is 4.69. The Hall–Kier alpha value is -1.63. The Labute approximate surface area is 133 Å². The average Bonchev–Trinajstić information content (AvgIpc) is 2.95.